The maximum absolute atomic E-state index is 12.1. The van der Waals surface area contributed by atoms with Crippen molar-refractivity contribution in [1.29, 1.82) is 0 Å². The van der Waals surface area contributed by atoms with E-state index in [9.17, 15) is 4.79 Å². The van der Waals surface area contributed by atoms with Gasteiger partial charge in [0.15, 0.2) is 5.69 Å². The normalized spacial score (nSPS) is 12.9. The fourth-order valence-corrected chi connectivity index (χ4v) is 2.97. The van der Waals surface area contributed by atoms with Crippen molar-refractivity contribution in [2.24, 2.45) is 7.05 Å². The number of rotatable bonds is 3. The van der Waals surface area contributed by atoms with E-state index in [2.05, 4.69) is 26.3 Å². The first-order valence-electron chi connectivity index (χ1n) is 6.56. The molecule has 21 heavy (non-hydrogen) atoms. The van der Waals surface area contributed by atoms with Crippen LogP contribution in [0.1, 0.15) is 21.6 Å². The van der Waals surface area contributed by atoms with Gasteiger partial charge < -0.3 is 15.8 Å². The maximum Gasteiger partial charge on any atom is 0.274 e. The van der Waals surface area contributed by atoms with Gasteiger partial charge in [-0.25, -0.2) is 0 Å². The molecule has 110 valence electrons. The SMILES string of the molecule is Cn1cc(N)c(C(=O)NCc2cc(Br)cc3c2OCC3)n1. The number of carbonyl (C=O) groups excluding carboxylic acids is 1. The van der Waals surface area contributed by atoms with E-state index in [0.717, 1.165) is 27.8 Å². The number of halogens is 1. The molecule has 6 nitrogen and oxygen atoms in total. The second-order valence-electron chi connectivity index (χ2n) is 4.94. The lowest BCUT2D eigenvalue weighted by molar-refractivity contribution is 0.0946. The minimum atomic E-state index is -0.292. The number of nitrogens with two attached hydrogens (primary N) is 1. The Kier molecular flexibility index (Phi) is 3.59. The van der Waals surface area contributed by atoms with Crippen LogP contribution in [0, 0.1) is 0 Å². The molecule has 0 aliphatic carbocycles. The molecule has 7 heteroatoms. The van der Waals surface area contributed by atoms with E-state index in [1.165, 1.54) is 4.68 Å². The van der Waals surface area contributed by atoms with E-state index >= 15 is 0 Å². The Morgan fingerprint density at radius 2 is 2.38 bits per heavy atom. The Balaban J connectivity index is 1.77. The van der Waals surface area contributed by atoms with E-state index in [4.69, 9.17) is 10.5 Å². The first-order chi connectivity index (χ1) is 10.0. The molecule has 2 aromatic rings. The third kappa shape index (κ3) is 2.73. The van der Waals surface area contributed by atoms with Crippen molar-refractivity contribution in [2.75, 3.05) is 12.3 Å². The fourth-order valence-electron chi connectivity index (χ4n) is 2.42. The molecule has 1 aliphatic heterocycles. The highest BCUT2D eigenvalue weighted by Crippen LogP contribution is 2.32. The second kappa shape index (κ2) is 5.40. The number of aryl methyl sites for hydroxylation is 1. The van der Waals surface area contributed by atoms with Gasteiger partial charge in [0, 0.05) is 36.2 Å². The lowest BCUT2D eigenvalue weighted by Gasteiger charge is -2.10. The van der Waals surface area contributed by atoms with Crippen LogP contribution in [0.3, 0.4) is 0 Å². The predicted octanol–water partition coefficient (Wildman–Crippen LogP) is 1.63. The van der Waals surface area contributed by atoms with Crippen LogP contribution in [-0.2, 0) is 20.0 Å². The molecule has 0 bridgehead atoms. The number of carbonyl (C=O) groups is 1. The molecule has 0 fully saturated rings. The number of aromatic nitrogens is 2. The Hall–Kier alpha value is -2.02. The zero-order valence-corrected chi connectivity index (χ0v) is 13.1. The van der Waals surface area contributed by atoms with Gasteiger partial charge >= 0.3 is 0 Å². The smallest absolute Gasteiger partial charge is 0.274 e. The van der Waals surface area contributed by atoms with Crippen LogP contribution >= 0.6 is 15.9 Å². The van der Waals surface area contributed by atoms with E-state index in [1.54, 1.807) is 13.2 Å². The van der Waals surface area contributed by atoms with Gasteiger partial charge in [-0.2, -0.15) is 5.10 Å². The molecule has 1 aliphatic rings. The zero-order valence-electron chi connectivity index (χ0n) is 11.5. The molecule has 2 heterocycles. The van der Waals surface area contributed by atoms with Crippen molar-refractivity contribution in [3.05, 3.63) is 39.6 Å². The van der Waals surface area contributed by atoms with Gasteiger partial charge in [-0.05, 0) is 17.7 Å². The summed E-state index contributed by atoms with van der Waals surface area (Å²) in [5.41, 5.74) is 8.46. The van der Waals surface area contributed by atoms with Crippen molar-refractivity contribution in [3.8, 4) is 5.75 Å². The summed E-state index contributed by atoms with van der Waals surface area (Å²) in [4.78, 5) is 12.1. The van der Waals surface area contributed by atoms with Crippen molar-refractivity contribution < 1.29 is 9.53 Å². The van der Waals surface area contributed by atoms with Crippen LogP contribution in [0.2, 0.25) is 0 Å². The van der Waals surface area contributed by atoms with Gasteiger partial charge in [0.1, 0.15) is 5.75 Å². The lowest BCUT2D eigenvalue weighted by atomic mass is 10.1. The van der Waals surface area contributed by atoms with Crippen LogP contribution in [-0.4, -0.2) is 22.3 Å². The number of anilines is 1. The van der Waals surface area contributed by atoms with Gasteiger partial charge in [-0.1, -0.05) is 15.9 Å². The van der Waals surface area contributed by atoms with Crippen LogP contribution in [0.25, 0.3) is 0 Å². The lowest BCUT2D eigenvalue weighted by Crippen LogP contribution is -2.24. The Bertz CT molecular complexity index is 711. The number of benzene rings is 1. The van der Waals surface area contributed by atoms with Gasteiger partial charge in [0.2, 0.25) is 0 Å². The van der Waals surface area contributed by atoms with Crippen LogP contribution in [0.15, 0.2) is 22.8 Å². The number of fused-ring (bicyclic) bond motifs is 1. The summed E-state index contributed by atoms with van der Waals surface area (Å²) >= 11 is 3.48. The van der Waals surface area contributed by atoms with Gasteiger partial charge in [-0.15, -0.1) is 0 Å². The molecule has 0 radical (unpaired) electrons. The summed E-state index contributed by atoms with van der Waals surface area (Å²) in [6, 6.07) is 4.00. The third-order valence-electron chi connectivity index (χ3n) is 3.34. The average Bonchev–Trinajstić information content (AvgIpc) is 3.01. The summed E-state index contributed by atoms with van der Waals surface area (Å²) in [6.07, 6.45) is 2.50. The highest BCUT2D eigenvalue weighted by Gasteiger charge is 2.19. The van der Waals surface area contributed by atoms with E-state index in [1.807, 2.05) is 12.1 Å². The molecule has 0 saturated heterocycles. The molecule has 0 atom stereocenters. The highest BCUT2D eigenvalue weighted by molar-refractivity contribution is 9.10. The molecule has 3 rings (SSSR count). The number of amides is 1. The first kappa shape index (κ1) is 13.9. The summed E-state index contributed by atoms with van der Waals surface area (Å²) in [7, 11) is 1.72. The van der Waals surface area contributed by atoms with Crippen molar-refractivity contribution in [3.63, 3.8) is 0 Å². The monoisotopic (exact) mass is 350 g/mol. The van der Waals surface area contributed by atoms with Crippen LogP contribution in [0.5, 0.6) is 5.75 Å². The Morgan fingerprint density at radius 1 is 1.57 bits per heavy atom. The summed E-state index contributed by atoms with van der Waals surface area (Å²) in [6.45, 7) is 1.05. The highest BCUT2D eigenvalue weighted by atomic mass is 79.9. The van der Waals surface area contributed by atoms with E-state index in [0.29, 0.717) is 18.8 Å². The Labute approximate surface area is 130 Å². The second-order valence-corrected chi connectivity index (χ2v) is 5.86. The standard InChI is InChI=1S/C14H15BrN4O2/c1-19-7-11(16)12(18-19)14(20)17-6-9-5-10(15)4-8-2-3-21-13(8)9/h4-5,7H,2-3,6,16H2,1H3,(H,17,20). The van der Waals surface area contributed by atoms with Gasteiger partial charge in [-0.3, -0.25) is 9.48 Å². The van der Waals surface area contributed by atoms with Crippen molar-refractivity contribution in [1.82, 2.24) is 15.1 Å². The number of nitrogens with zero attached hydrogens (tertiary/aromatic N) is 2. The van der Waals surface area contributed by atoms with Gasteiger partial charge in [0.05, 0.1) is 12.3 Å². The molecule has 0 spiro atoms. The molecular formula is C14H15BrN4O2. The molecule has 1 amide bonds. The Morgan fingerprint density at radius 3 is 3.10 bits per heavy atom. The van der Waals surface area contributed by atoms with Crippen molar-refractivity contribution in [2.45, 2.75) is 13.0 Å². The number of nitrogen functional groups attached to an aromatic ring is 1. The summed E-state index contributed by atoms with van der Waals surface area (Å²) in [5.74, 6) is 0.576. The number of hydrogen-bond donors (Lipinski definition) is 2. The molecule has 0 unspecified atom stereocenters. The quantitative estimate of drug-likeness (QED) is 0.881. The molecule has 1 aromatic heterocycles. The number of hydrogen-bond acceptors (Lipinski definition) is 4. The van der Waals surface area contributed by atoms with Crippen LogP contribution in [0.4, 0.5) is 5.69 Å². The maximum atomic E-state index is 12.1. The van der Waals surface area contributed by atoms with Gasteiger partial charge in [0.25, 0.3) is 5.91 Å². The molecular weight excluding hydrogens is 336 g/mol. The number of nitrogens with one attached hydrogen (secondary N) is 1. The van der Waals surface area contributed by atoms with E-state index < -0.39 is 0 Å². The summed E-state index contributed by atoms with van der Waals surface area (Å²) < 4.78 is 8.13. The largest absolute Gasteiger partial charge is 0.493 e. The fraction of sp³-hybridized carbons (Fsp3) is 0.286. The average molecular weight is 351 g/mol. The molecule has 1 aromatic carbocycles. The number of ether oxygens (including phenoxy) is 1. The minimum Gasteiger partial charge on any atom is -0.493 e. The zero-order chi connectivity index (χ0) is 15.0. The predicted molar refractivity (Wildman–Crippen MR) is 82.1 cm³/mol. The van der Waals surface area contributed by atoms with Crippen LogP contribution < -0.4 is 15.8 Å². The van der Waals surface area contributed by atoms with E-state index in [-0.39, 0.29) is 11.6 Å². The third-order valence-corrected chi connectivity index (χ3v) is 3.79. The molecule has 3 N–H and O–H groups in total. The summed E-state index contributed by atoms with van der Waals surface area (Å²) in [5, 5.41) is 6.88. The van der Waals surface area contributed by atoms with Crippen molar-refractivity contribution >= 4 is 27.5 Å². The molecule has 0 saturated carbocycles. The first-order valence-corrected chi connectivity index (χ1v) is 7.35. The topological polar surface area (TPSA) is 82.2 Å². The minimum absolute atomic E-state index is 0.241.